The molecule has 0 spiro atoms. The molecular weight excluding hydrogens is 270 g/mol. The van der Waals surface area contributed by atoms with Crippen molar-refractivity contribution in [1.29, 1.82) is 0 Å². The van der Waals surface area contributed by atoms with Gasteiger partial charge in [-0.05, 0) is 20.0 Å². The minimum absolute atomic E-state index is 0.343. The Morgan fingerprint density at radius 1 is 1.05 bits per heavy atom. The fourth-order valence-electron chi connectivity index (χ4n) is 2.21. The number of hydrazine groups is 1. The van der Waals surface area contributed by atoms with E-state index < -0.39 is 0 Å². The van der Waals surface area contributed by atoms with Crippen LogP contribution in [0.25, 0.3) is 0 Å². The molecule has 0 atom stereocenters. The van der Waals surface area contributed by atoms with Crippen LogP contribution >= 0.6 is 0 Å². The lowest BCUT2D eigenvalue weighted by Crippen LogP contribution is -2.44. The molecule has 0 saturated carbocycles. The normalized spacial score (nSPS) is 16.7. The number of aromatic nitrogens is 3. The first-order valence-corrected chi connectivity index (χ1v) is 7.26. The van der Waals surface area contributed by atoms with Gasteiger partial charge in [0.05, 0.1) is 0 Å². The third kappa shape index (κ3) is 4.96. The van der Waals surface area contributed by atoms with Gasteiger partial charge in [0.15, 0.2) is 0 Å². The summed E-state index contributed by atoms with van der Waals surface area (Å²) in [6, 6.07) is 0. The van der Waals surface area contributed by atoms with Gasteiger partial charge >= 0.3 is 0 Å². The summed E-state index contributed by atoms with van der Waals surface area (Å²) in [5.41, 5.74) is 2.43. The highest BCUT2D eigenvalue weighted by Crippen LogP contribution is 2.08. The Bertz CT molecular complexity index is 408. The number of nitrogens with one attached hydrogen (secondary N) is 3. The predicted molar refractivity (Wildman–Crippen MR) is 84.2 cm³/mol. The number of likely N-dealkylation sites (N-methyl/N-ethyl adjacent to an activating group) is 1. The van der Waals surface area contributed by atoms with E-state index in [1.807, 2.05) is 0 Å². The lowest BCUT2D eigenvalue weighted by molar-refractivity contribution is 0.154. The van der Waals surface area contributed by atoms with E-state index in [-0.39, 0.29) is 0 Å². The number of hydrogen-bond acceptors (Lipinski definition) is 9. The first kappa shape index (κ1) is 15.7. The Balaban J connectivity index is 1.73. The maximum atomic E-state index is 5.34. The highest BCUT2D eigenvalue weighted by atomic mass is 15.3. The number of nitrogen functional groups attached to an aromatic ring is 1. The molecule has 0 radical (unpaired) electrons. The second-order valence-corrected chi connectivity index (χ2v) is 5.13. The first-order valence-electron chi connectivity index (χ1n) is 7.26. The van der Waals surface area contributed by atoms with Gasteiger partial charge in [-0.3, -0.25) is 5.43 Å². The van der Waals surface area contributed by atoms with Crippen molar-refractivity contribution < 1.29 is 0 Å². The Labute approximate surface area is 125 Å². The van der Waals surface area contributed by atoms with Crippen molar-refractivity contribution in [2.45, 2.75) is 6.42 Å². The standard InChI is InChI=1S/C12H25N9/c1-14-10-16-11(18-12(17-10)19-13)15-4-3-5-21-8-6-20(2)7-9-21/h3-9,13H2,1-2H3,(H3,14,15,16,17,18,19). The third-order valence-electron chi connectivity index (χ3n) is 3.52. The molecule has 9 nitrogen and oxygen atoms in total. The number of piperazine rings is 1. The van der Waals surface area contributed by atoms with Gasteiger partial charge in [-0.2, -0.15) is 15.0 Å². The largest absolute Gasteiger partial charge is 0.357 e. The summed E-state index contributed by atoms with van der Waals surface area (Å²) in [6.45, 7) is 6.51. The van der Waals surface area contributed by atoms with Crippen LogP contribution in [0.5, 0.6) is 0 Å². The highest BCUT2D eigenvalue weighted by Gasteiger charge is 2.12. The molecule has 118 valence electrons. The number of anilines is 3. The summed E-state index contributed by atoms with van der Waals surface area (Å²) >= 11 is 0. The molecule has 0 aromatic carbocycles. The van der Waals surface area contributed by atoms with Crippen LogP contribution in [0.15, 0.2) is 0 Å². The Morgan fingerprint density at radius 2 is 1.71 bits per heavy atom. The summed E-state index contributed by atoms with van der Waals surface area (Å²) in [5, 5.41) is 6.09. The zero-order chi connectivity index (χ0) is 15.1. The van der Waals surface area contributed by atoms with Gasteiger partial charge in [0.1, 0.15) is 0 Å². The summed E-state index contributed by atoms with van der Waals surface area (Å²) in [5.74, 6) is 6.69. The third-order valence-corrected chi connectivity index (χ3v) is 3.52. The average molecular weight is 295 g/mol. The maximum absolute atomic E-state index is 5.34. The monoisotopic (exact) mass is 295 g/mol. The molecule has 0 aliphatic carbocycles. The Hall–Kier alpha value is -1.71. The van der Waals surface area contributed by atoms with Crippen LogP contribution in [0.1, 0.15) is 6.42 Å². The molecule has 1 fully saturated rings. The second kappa shape index (κ2) is 7.91. The van der Waals surface area contributed by atoms with Crippen molar-refractivity contribution in [3.05, 3.63) is 0 Å². The van der Waals surface area contributed by atoms with Gasteiger partial charge < -0.3 is 20.4 Å². The fourth-order valence-corrected chi connectivity index (χ4v) is 2.21. The number of rotatable bonds is 7. The van der Waals surface area contributed by atoms with Crippen LogP contribution in [0.3, 0.4) is 0 Å². The molecule has 9 heteroatoms. The van der Waals surface area contributed by atoms with Gasteiger partial charge in [0.2, 0.25) is 17.8 Å². The van der Waals surface area contributed by atoms with Crippen LogP contribution in [-0.4, -0.2) is 78.1 Å². The van der Waals surface area contributed by atoms with Gasteiger partial charge in [0.25, 0.3) is 0 Å². The van der Waals surface area contributed by atoms with E-state index >= 15 is 0 Å². The molecule has 0 bridgehead atoms. The van der Waals surface area contributed by atoms with Crippen LogP contribution in [0.2, 0.25) is 0 Å². The van der Waals surface area contributed by atoms with E-state index in [0.29, 0.717) is 17.8 Å². The van der Waals surface area contributed by atoms with Gasteiger partial charge in [-0.1, -0.05) is 0 Å². The summed E-state index contributed by atoms with van der Waals surface area (Å²) in [7, 11) is 3.93. The minimum Gasteiger partial charge on any atom is -0.357 e. The molecular formula is C12H25N9. The van der Waals surface area contributed by atoms with Crippen LogP contribution in [-0.2, 0) is 0 Å². The lowest BCUT2D eigenvalue weighted by Gasteiger charge is -2.32. The van der Waals surface area contributed by atoms with E-state index in [1.165, 1.54) is 0 Å². The van der Waals surface area contributed by atoms with Crippen LogP contribution < -0.4 is 21.9 Å². The molecule has 1 saturated heterocycles. The summed E-state index contributed by atoms with van der Waals surface area (Å²) in [6.07, 6.45) is 1.05. The number of nitrogens with zero attached hydrogens (tertiary/aromatic N) is 5. The molecule has 1 aromatic rings. The molecule has 2 rings (SSSR count). The van der Waals surface area contributed by atoms with Crippen molar-refractivity contribution in [1.82, 2.24) is 24.8 Å². The summed E-state index contributed by atoms with van der Waals surface area (Å²) < 4.78 is 0. The predicted octanol–water partition coefficient (Wildman–Crippen LogP) is -0.752. The molecule has 1 aliphatic rings. The molecule has 5 N–H and O–H groups in total. The van der Waals surface area contributed by atoms with E-state index in [1.54, 1.807) is 7.05 Å². The Kier molecular flexibility index (Phi) is 5.90. The zero-order valence-electron chi connectivity index (χ0n) is 12.8. The second-order valence-electron chi connectivity index (χ2n) is 5.13. The molecule has 0 amide bonds. The molecule has 1 aliphatic heterocycles. The van der Waals surface area contributed by atoms with Gasteiger partial charge in [-0.15, -0.1) is 0 Å². The fraction of sp³-hybridized carbons (Fsp3) is 0.750. The van der Waals surface area contributed by atoms with Crippen molar-refractivity contribution in [2.75, 3.05) is 69.4 Å². The maximum Gasteiger partial charge on any atom is 0.243 e. The molecule has 2 heterocycles. The van der Waals surface area contributed by atoms with E-state index in [4.69, 9.17) is 5.84 Å². The van der Waals surface area contributed by atoms with Crippen molar-refractivity contribution in [3.63, 3.8) is 0 Å². The topological polar surface area (TPSA) is 107 Å². The van der Waals surface area contributed by atoms with Crippen molar-refractivity contribution in [3.8, 4) is 0 Å². The SMILES string of the molecule is CNc1nc(NN)nc(NCCCN2CCN(C)CC2)n1. The van der Waals surface area contributed by atoms with E-state index in [2.05, 4.69) is 47.9 Å². The van der Waals surface area contributed by atoms with E-state index in [9.17, 15) is 0 Å². The first-order chi connectivity index (χ1) is 10.2. The smallest absolute Gasteiger partial charge is 0.243 e. The molecule has 21 heavy (non-hydrogen) atoms. The minimum atomic E-state index is 0.343. The van der Waals surface area contributed by atoms with Gasteiger partial charge in [-0.25, -0.2) is 5.84 Å². The van der Waals surface area contributed by atoms with Crippen molar-refractivity contribution in [2.24, 2.45) is 5.84 Å². The van der Waals surface area contributed by atoms with Crippen molar-refractivity contribution >= 4 is 17.8 Å². The quantitative estimate of drug-likeness (QED) is 0.293. The van der Waals surface area contributed by atoms with Crippen LogP contribution in [0.4, 0.5) is 17.8 Å². The summed E-state index contributed by atoms with van der Waals surface area (Å²) in [4.78, 5) is 17.3. The molecule has 0 unspecified atom stereocenters. The van der Waals surface area contributed by atoms with Crippen LogP contribution in [0, 0.1) is 0 Å². The zero-order valence-corrected chi connectivity index (χ0v) is 12.8. The molecule has 1 aromatic heterocycles. The highest BCUT2D eigenvalue weighted by molar-refractivity contribution is 5.40. The number of nitrogens with two attached hydrogens (primary N) is 1. The lowest BCUT2D eigenvalue weighted by atomic mass is 10.3. The Morgan fingerprint density at radius 3 is 2.38 bits per heavy atom. The average Bonchev–Trinajstić information content (AvgIpc) is 2.53. The number of hydrogen-bond donors (Lipinski definition) is 4. The van der Waals surface area contributed by atoms with Gasteiger partial charge in [0, 0.05) is 39.8 Å². The van der Waals surface area contributed by atoms with E-state index in [0.717, 1.165) is 45.7 Å².